The third kappa shape index (κ3) is 2.71. The van der Waals surface area contributed by atoms with Crippen molar-refractivity contribution in [2.75, 3.05) is 19.8 Å². The Morgan fingerprint density at radius 2 is 1.33 bits per heavy atom. The molecule has 6 heteroatoms. The lowest BCUT2D eigenvalue weighted by molar-refractivity contribution is 0.0408. The molecule has 0 saturated heterocycles. The van der Waals surface area contributed by atoms with Crippen LogP contribution in [0.5, 0.6) is 0 Å². The van der Waals surface area contributed by atoms with Crippen molar-refractivity contribution >= 4 is 37.9 Å². The van der Waals surface area contributed by atoms with Crippen LogP contribution in [0.1, 0.15) is 6.42 Å². The Kier molecular flexibility index (Phi) is 5.36. The molecule has 0 aliphatic rings. The van der Waals surface area contributed by atoms with E-state index in [-0.39, 0.29) is 26.2 Å². The molecule has 0 unspecified atom stereocenters. The lowest BCUT2D eigenvalue weighted by Crippen LogP contribution is -2.43. The summed E-state index contributed by atoms with van der Waals surface area (Å²) >= 11 is 12.1. The number of rotatable bonds is 5. The Balaban J connectivity index is 4.57. The molecule has 0 amide bonds. The molecule has 0 aliphatic carbocycles. The molecule has 0 heterocycles. The largest absolute Gasteiger partial charge is 0.396 e. The first kappa shape index (κ1) is 12.9. The molecular weight excluding hydrogens is 216 g/mol. The summed E-state index contributed by atoms with van der Waals surface area (Å²) in [4.78, 5) is 0. The van der Waals surface area contributed by atoms with Crippen LogP contribution in [0.2, 0.25) is 0 Å². The van der Waals surface area contributed by atoms with E-state index in [2.05, 4.69) is 37.9 Å². The maximum Gasteiger partial charge on any atom is 0.108 e. The van der Waals surface area contributed by atoms with Crippen molar-refractivity contribution in [1.82, 2.24) is 0 Å². The fraction of sp³-hybridized carbons (Fsp3) is 1.00. The van der Waals surface area contributed by atoms with Crippen LogP contribution < -0.4 is 0 Å². The van der Waals surface area contributed by atoms with Gasteiger partial charge < -0.3 is 15.3 Å². The van der Waals surface area contributed by atoms with Gasteiger partial charge in [0.15, 0.2) is 0 Å². The molecule has 0 spiro atoms. The van der Waals surface area contributed by atoms with Crippen LogP contribution in [0, 0.1) is 5.41 Å². The van der Waals surface area contributed by atoms with Gasteiger partial charge in [0.1, 0.15) is 3.41 Å². The van der Waals surface area contributed by atoms with E-state index in [1.807, 2.05) is 0 Å². The first-order valence-electron chi connectivity index (χ1n) is 3.43. The summed E-state index contributed by atoms with van der Waals surface area (Å²) in [5, 5.41) is 26.8. The topological polar surface area (TPSA) is 60.7 Å². The fourth-order valence-corrected chi connectivity index (χ4v) is 1.56. The molecule has 74 valence electrons. The first-order chi connectivity index (χ1) is 5.43. The highest BCUT2D eigenvalue weighted by Gasteiger charge is 2.43. The van der Waals surface area contributed by atoms with Gasteiger partial charge in [-0.15, -0.1) is 0 Å². The zero-order valence-electron chi connectivity index (χ0n) is 6.51. The van der Waals surface area contributed by atoms with Crippen LogP contribution in [-0.2, 0) is 0 Å². The van der Waals surface area contributed by atoms with E-state index >= 15 is 0 Å². The predicted octanol–water partition coefficient (Wildman–Crippen LogP) is -0.217. The summed E-state index contributed by atoms with van der Waals surface area (Å²) in [6, 6.07) is 0. The molecule has 3 N–H and O–H groups in total. The van der Waals surface area contributed by atoms with E-state index in [1.165, 1.54) is 0 Å². The third-order valence-corrected chi connectivity index (χ3v) is 3.33. The minimum absolute atomic E-state index is 0.148. The Labute approximate surface area is 88.4 Å². The van der Waals surface area contributed by atoms with E-state index in [9.17, 15) is 0 Å². The van der Waals surface area contributed by atoms with Gasteiger partial charge in [-0.05, 0) is 6.42 Å². The summed E-state index contributed by atoms with van der Waals surface area (Å²) in [5.74, 6) is 0. The predicted molar refractivity (Wildman–Crippen MR) is 58.0 cm³/mol. The minimum atomic E-state index is -1.11. The smallest absolute Gasteiger partial charge is 0.108 e. The maximum absolute atomic E-state index is 9.03. The van der Waals surface area contributed by atoms with Gasteiger partial charge >= 0.3 is 0 Å². The monoisotopic (exact) mass is 230 g/mol. The number of thiol groups is 3. The summed E-state index contributed by atoms with van der Waals surface area (Å²) in [7, 11) is 0. The van der Waals surface area contributed by atoms with Crippen LogP contribution in [0.25, 0.3) is 0 Å². The summed E-state index contributed by atoms with van der Waals surface area (Å²) in [6.45, 7) is -0.786. The standard InChI is InChI=1S/C6H14O3S3/c7-2-1-5(3-8,4-9)6(10,11)12/h7-12H,1-4H2. The normalized spacial score (nSPS) is 13.5. The van der Waals surface area contributed by atoms with Gasteiger partial charge in [0.25, 0.3) is 0 Å². The van der Waals surface area contributed by atoms with E-state index in [0.29, 0.717) is 0 Å². The van der Waals surface area contributed by atoms with Crippen molar-refractivity contribution in [2.45, 2.75) is 9.83 Å². The van der Waals surface area contributed by atoms with Crippen molar-refractivity contribution in [1.29, 1.82) is 0 Å². The Morgan fingerprint density at radius 3 is 1.42 bits per heavy atom. The lowest BCUT2D eigenvalue weighted by atomic mass is 9.88. The highest BCUT2D eigenvalue weighted by molar-refractivity contribution is 8.17. The Hall–Kier alpha value is 0.930. The molecule has 3 nitrogen and oxygen atoms in total. The van der Waals surface area contributed by atoms with Crippen LogP contribution in [0.3, 0.4) is 0 Å². The highest BCUT2D eigenvalue weighted by atomic mass is 32.2. The van der Waals surface area contributed by atoms with Crippen molar-refractivity contribution in [3.05, 3.63) is 0 Å². The lowest BCUT2D eigenvalue weighted by Gasteiger charge is -2.39. The molecule has 0 rings (SSSR count). The third-order valence-electron chi connectivity index (χ3n) is 1.91. The van der Waals surface area contributed by atoms with Crippen molar-refractivity contribution in [2.24, 2.45) is 5.41 Å². The minimum Gasteiger partial charge on any atom is -0.396 e. The summed E-state index contributed by atoms with van der Waals surface area (Å²) in [6.07, 6.45) is 0.205. The Bertz CT molecular complexity index is 130. The van der Waals surface area contributed by atoms with E-state index in [1.54, 1.807) is 0 Å². The summed E-state index contributed by atoms with van der Waals surface area (Å²) in [5.41, 5.74) is -0.975. The van der Waals surface area contributed by atoms with Crippen molar-refractivity contribution in [3.63, 3.8) is 0 Å². The first-order valence-corrected chi connectivity index (χ1v) is 4.77. The number of hydrogen-bond donors (Lipinski definition) is 6. The van der Waals surface area contributed by atoms with Gasteiger partial charge in [-0.25, -0.2) is 0 Å². The van der Waals surface area contributed by atoms with Crippen LogP contribution in [0.4, 0.5) is 0 Å². The molecule has 0 aromatic heterocycles. The molecule has 0 radical (unpaired) electrons. The second-order valence-corrected chi connectivity index (χ2v) is 5.78. The quantitative estimate of drug-likeness (QED) is 0.292. The van der Waals surface area contributed by atoms with Crippen LogP contribution in [0.15, 0.2) is 0 Å². The SMILES string of the molecule is OCCC(CO)(CO)C(S)(S)S. The molecule has 0 aliphatic heterocycles. The van der Waals surface area contributed by atoms with Crippen LogP contribution in [-0.4, -0.2) is 38.6 Å². The molecular formula is C6H14O3S3. The van der Waals surface area contributed by atoms with Gasteiger partial charge in [0, 0.05) is 6.61 Å². The number of aliphatic hydroxyl groups excluding tert-OH is 3. The average Bonchev–Trinajstić information content (AvgIpc) is 1.98. The Morgan fingerprint density at radius 1 is 0.917 bits per heavy atom. The molecule has 0 saturated carbocycles. The second-order valence-electron chi connectivity index (χ2n) is 2.71. The molecule has 0 aromatic rings. The molecule has 0 aromatic carbocycles. The van der Waals surface area contributed by atoms with Gasteiger partial charge in [-0.1, -0.05) is 0 Å². The molecule has 0 fully saturated rings. The van der Waals surface area contributed by atoms with Gasteiger partial charge in [-0.3, -0.25) is 0 Å². The van der Waals surface area contributed by atoms with E-state index in [4.69, 9.17) is 15.3 Å². The molecule has 0 atom stereocenters. The average molecular weight is 230 g/mol. The summed E-state index contributed by atoms with van der Waals surface area (Å²) < 4.78 is -1.11. The van der Waals surface area contributed by atoms with Gasteiger partial charge in [0.2, 0.25) is 0 Å². The fourth-order valence-electron chi connectivity index (χ4n) is 0.802. The second kappa shape index (κ2) is 4.97. The number of hydrogen-bond acceptors (Lipinski definition) is 6. The van der Waals surface area contributed by atoms with Gasteiger partial charge in [0.05, 0.1) is 18.6 Å². The molecule has 12 heavy (non-hydrogen) atoms. The zero-order chi connectivity index (χ0) is 9.83. The molecule has 0 bridgehead atoms. The van der Waals surface area contributed by atoms with Crippen LogP contribution >= 0.6 is 37.9 Å². The van der Waals surface area contributed by atoms with Crippen molar-refractivity contribution < 1.29 is 15.3 Å². The maximum atomic E-state index is 9.03. The van der Waals surface area contributed by atoms with E-state index < -0.39 is 8.83 Å². The van der Waals surface area contributed by atoms with Crippen molar-refractivity contribution in [3.8, 4) is 0 Å². The number of aliphatic hydroxyl groups is 3. The zero-order valence-corrected chi connectivity index (χ0v) is 9.19. The highest BCUT2D eigenvalue weighted by Crippen LogP contribution is 2.45. The van der Waals surface area contributed by atoms with E-state index in [0.717, 1.165) is 0 Å². The van der Waals surface area contributed by atoms with Gasteiger partial charge in [-0.2, -0.15) is 37.9 Å².